The quantitative estimate of drug-likeness (QED) is 0.519. The van der Waals surface area contributed by atoms with Crippen LogP contribution in [-0.2, 0) is 0 Å². The van der Waals surface area contributed by atoms with E-state index in [0.29, 0.717) is 5.75 Å². The highest BCUT2D eigenvalue weighted by Crippen LogP contribution is 2.31. The third-order valence-corrected chi connectivity index (χ3v) is 3.45. The van der Waals surface area contributed by atoms with Crippen molar-refractivity contribution in [2.24, 2.45) is 0 Å². The van der Waals surface area contributed by atoms with Crippen molar-refractivity contribution >= 4 is 32.7 Å². The topological polar surface area (TPSA) is 39.4 Å². The molecule has 0 N–H and O–H groups in total. The average molecular weight is 317 g/mol. The van der Waals surface area contributed by atoms with Crippen molar-refractivity contribution in [3.63, 3.8) is 0 Å². The van der Waals surface area contributed by atoms with Gasteiger partial charge in [0.05, 0.1) is 6.26 Å². The Balaban J connectivity index is 2.02. The third kappa shape index (κ3) is 2.27. The van der Waals surface area contributed by atoms with Crippen LogP contribution in [0.2, 0.25) is 0 Å². The van der Waals surface area contributed by atoms with Gasteiger partial charge in [-0.05, 0) is 29.7 Å². The van der Waals surface area contributed by atoms with Gasteiger partial charge in [0.25, 0.3) is 0 Å². The summed E-state index contributed by atoms with van der Waals surface area (Å²) >= 11 is 3.48. The molecule has 0 aliphatic carbocycles. The van der Waals surface area contributed by atoms with Gasteiger partial charge in [-0.3, -0.25) is 0 Å². The Labute approximate surface area is 117 Å². The molecule has 3 nitrogen and oxygen atoms in total. The minimum atomic E-state index is -0.502. The highest BCUT2D eigenvalue weighted by Gasteiger charge is 2.13. The van der Waals surface area contributed by atoms with Crippen LogP contribution >= 0.6 is 15.9 Å². The number of hydrogen-bond acceptors (Lipinski definition) is 3. The summed E-state index contributed by atoms with van der Waals surface area (Å²) < 4.78 is 11.4. The van der Waals surface area contributed by atoms with Gasteiger partial charge < -0.3 is 9.15 Å². The number of rotatable bonds is 2. The van der Waals surface area contributed by atoms with E-state index >= 15 is 0 Å². The van der Waals surface area contributed by atoms with E-state index in [0.717, 1.165) is 15.2 Å². The Kier molecular flexibility index (Phi) is 3.09. The van der Waals surface area contributed by atoms with E-state index in [2.05, 4.69) is 15.9 Å². The molecule has 1 heterocycles. The number of carbonyl (C=O) groups is 1. The Bertz CT molecular complexity index is 732. The van der Waals surface area contributed by atoms with Crippen LogP contribution in [0.3, 0.4) is 0 Å². The molecule has 4 heteroatoms. The smallest absolute Gasteiger partial charge is 0.379 e. The minimum Gasteiger partial charge on any atom is -0.457 e. The Hall–Kier alpha value is -2.07. The van der Waals surface area contributed by atoms with Crippen LogP contribution in [0, 0.1) is 0 Å². The van der Waals surface area contributed by atoms with Crippen LogP contribution in [0.4, 0.5) is 0 Å². The van der Waals surface area contributed by atoms with E-state index in [1.807, 2.05) is 30.3 Å². The van der Waals surface area contributed by atoms with Gasteiger partial charge in [0.2, 0.25) is 5.76 Å². The largest absolute Gasteiger partial charge is 0.457 e. The number of ether oxygens (including phenoxy) is 1. The van der Waals surface area contributed by atoms with Crippen LogP contribution in [0.1, 0.15) is 10.6 Å². The van der Waals surface area contributed by atoms with Crippen molar-refractivity contribution in [3.05, 3.63) is 65.0 Å². The van der Waals surface area contributed by atoms with Gasteiger partial charge in [0.15, 0.2) is 0 Å². The predicted molar refractivity (Wildman–Crippen MR) is 75.3 cm³/mol. The molecule has 0 spiro atoms. The molecule has 0 radical (unpaired) electrons. The lowest BCUT2D eigenvalue weighted by Crippen LogP contribution is -2.07. The summed E-state index contributed by atoms with van der Waals surface area (Å²) in [5.74, 6) is 0.199. The first-order chi connectivity index (χ1) is 9.25. The molecule has 0 bridgehead atoms. The van der Waals surface area contributed by atoms with E-state index in [9.17, 15) is 4.79 Å². The summed E-state index contributed by atoms with van der Waals surface area (Å²) in [6, 6.07) is 14.5. The number of esters is 1. The summed E-state index contributed by atoms with van der Waals surface area (Å²) in [4.78, 5) is 11.9. The van der Waals surface area contributed by atoms with Gasteiger partial charge >= 0.3 is 5.97 Å². The van der Waals surface area contributed by atoms with Crippen LogP contribution in [-0.4, -0.2) is 5.97 Å². The fourth-order valence-electron chi connectivity index (χ4n) is 1.87. The highest BCUT2D eigenvalue weighted by molar-refractivity contribution is 9.10. The van der Waals surface area contributed by atoms with Crippen LogP contribution < -0.4 is 4.74 Å². The number of carbonyl (C=O) groups excluding carboxylic acids is 1. The molecule has 0 saturated carbocycles. The maximum Gasteiger partial charge on any atom is 0.379 e. The molecule has 19 heavy (non-hydrogen) atoms. The fourth-order valence-corrected chi connectivity index (χ4v) is 2.35. The lowest BCUT2D eigenvalue weighted by molar-refractivity contribution is 0.0704. The van der Waals surface area contributed by atoms with Gasteiger partial charge in [0, 0.05) is 9.86 Å². The predicted octanol–water partition coefficient (Wildman–Crippen LogP) is 4.41. The Morgan fingerprint density at radius 1 is 1.00 bits per heavy atom. The molecule has 0 saturated heterocycles. The van der Waals surface area contributed by atoms with Crippen molar-refractivity contribution in [3.8, 4) is 5.75 Å². The van der Waals surface area contributed by atoms with Gasteiger partial charge in [0.1, 0.15) is 5.75 Å². The Morgan fingerprint density at radius 3 is 2.53 bits per heavy atom. The molecule has 1 aromatic heterocycles. The summed E-state index contributed by atoms with van der Waals surface area (Å²) in [5.41, 5.74) is 0. The third-order valence-electron chi connectivity index (χ3n) is 2.76. The molecule has 0 atom stereocenters. The zero-order valence-corrected chi connectivity index (χ0v) is 11.4. The second-order valence-corrected chi connectivity index (χ2v) is 4.81. The zero-order chi connectivity index (χ0) is 13.2. The molecule has 94 valence electrons. The molecule has 0 unspecified atom stereocenters. The SMILES string of the molecule is O=C(Oc1ccc(Br)c2ccccc12)c1ccco1. The molecule has 0 aliphatic heterocycles. The summed E-state index contributed by atoms with van der Waals surface area (Å²) in [6.07, 6.45) is 1.44. The molecule has 2 aromatic carbocycles. The Morgan fingerprint density at radius 2 is 1.79 bits per heavy atom. The van der Waals surface area contributed by atoms with Crippen LogP contribution in [0.25, 0.3) is 10.8 Å². The molecule has 0 aliphatic rings. The maximum absolute atomic E-state index is 11.9. The lowest BCUT2D eigenvalue weighted by atomic mass is 10.1. The molecule has 0 amide bonds. The number of halogens is 1. The molecule has 3 aromatic rings. The summed E-state index contributed by atoms with van der Waals surface area (Å²) in [5, 5.41) is 1.86. The molecule has 3 rings (SSSR count). The number of fused-ring (bicyclic) bond motifs is 1. The van der Waals surface area contributed by atoms with Crippen molar-refractivity contribution < 1.29 is 13.9 Å². The van der Waals surface area contributed by atoms with Gasteiger partial charge in [-0.15, -0.1) is 0 Å². The van der Waals surface area contributed by atoms with Crippen molar-refractivity contribution in [1.82, 2.24) is 0 Å². The lowest BCUT2D eigenvalue weighted by Gasteiger charge is -2.07. The van der Waals surface area contributed by atoms with Crippen molar-refractivity contribution in [2.75, 3.05) is 0 Å². The minimum absolute atomic E-state index is 0.187. The second kappa shape index (κ2) is 4.90. The first-order valence-corrected chi connectivity index (χ1v) is 6.48. The molecular formula is C15H9BrO3. The molecular weight excluding hydrogens is 308 g/mol. The van der Waals surface area contributed by atoms with Gasteiger partial charge in [-0.25, -0.2) is 4.79 Å². The van der Waals surface area contributed by atoms with Crippen LogP contribution in [0.5, 0.6) is 5.75 Å². The second-order valence-electron chi connectivity index (χ2n) is 3.96. The summed E-state index contributed by atoms with van der Waals surface area (Å²) in [6.45, 7) is 0. The van der Waals surface area contributed by atoms with E-state index < -0.39 is 5.97 Å². The van der Waals surface area contributed by atoms with Crippen LogP contribution in [0.15, 0.2) is 63.7 Å². The average Bonchev–Trinajstić information content (AvgIpc) is 2.96. The van der Waals surface area contributed by atoms with E-state index in [1.165, 1.54) is 6.26 Å². The van der Waals surface area contributed by atoms with Crippen molar-refractivity contribution in [1.29, 1.82) is 0 Å². The first kappa shape index (κ1) is 12.0. The summed E-state index contributed by atoms with van der Waals surface area (Å²) in [7, 11) is 0. The first-order valence-electron chi connectivity index (χ1n) is 5.68. The van der Waals surface area contributed by atoms with Gasteiger partial charge in [-0.1, -0.05) is 40.2 Å². The number of benzene rings is 2. The van der Waals surface area contributed by atoms with E-state index in [-0.39, 0.29) is 5.76 Å². The maximum atomic E-state index is 11.9. The monoisotopic (exact) mass is 316 g/mol. The fraction of sp³-hybridized carbons (Fsp3) is 0. The highest BCUT2D eigenvalue weighted by atomic mass is 79.9. The van der Waals surface area contributed by atoms with Gasteiger partial charge in [-0.2, -0.15) is 0 Å². The van der Waals surface area contributed by atoms with Crippen molar-refractivity contribution in [2.45, 2.75) is 0 Å². The zero-order valence-electron chi connectivity index (χ0n) is 9.80. The standard InChI is InChI=1S/C15H9BrO3/c16-12-7-8-13(11-5-2-1-4-10(11)12)19-15(17)14-6-3-9-18-14/h1-9H. The van der Waals surface area contributed by atoms with E-state index in [4.69, 9.17) is 9.15 Å². The van der Waals surface area contributed by atoms with E-state index in [1.54, 1.807) is 18.2 Å². The normalized spacial score (nSPS) is 10.6. The number of furan rings is 1. The number of hydrogen-bond donors (Lipinski definition) is 0. The molecule has 0 fully saturated rings.